The van der Waals surface area contributed by atoms with E-state index in [1.54, 1.807) is 41.8 Å². The summed E-state index contributed by atoms with van der Waals surface area (Å²) in [7, 11) is 0. The summed E-state index contributed by atoms with van der Waals surface area (Å²) in [4.78, 5) is 28.3. The number of amides is 1. The van der Waals surface area contributed by atoms with E-state index in [0.29, 0.717) is 30.6 Å². The van der Waals surface area contributed by atoms with Gasteiger partial charge in [0.05, 0.1) is 16.5 Å². The third kappa shape index (κ3) is 4.87. The highest BCUT2D eigenvalue weighted by molar-refractivity contribution is 8.00. The van der Waals surface area contributed by atoms with Crippen molar-refractivity contribution in [3.63, 3.8) is 0 Å². The van der Waals surface area contributed by atoms with Crippen LogP contribution in [0.5, 0.6) is 0 Å². The van der Waals surface area contributed by atoms with E-state index in [2.05, 4.69) is 10.2 Å². The van der Waals surface area contributed by atoms with Crippen LogP contribution in [0, 0.1) is 0 Å². The van der Waals surface area contributed by atoms with Gasteiger partial charge in [0.2, 0.25) is 10.9 Å². The van der Waals surface area contributed by atoms with Gasteiger partial charge in [-0.2, -0.15) is 0 Å². The number of Topliss-reactive ketones (excluding diaryl/α,β-unsaturated/α-hetero) is 1. The van der Waals surface area contributed by atoms with Crippen molar-refractivity contribution < 1.29 is 14.7 Å². The van der Waals surface area contributed by atoms with Crippen LogP contribution in [-0.4, -0.2) is 27.0 Å². The molecule has 0 saturated heterocycles. The maximum atomic E-state index is 13.3. The van der Waals surface area contributed by atoms with Crippen molar-refractivity contribution in [2.75, 3.05) is 4.90 Å². The van der Waals surface area contributed by atoms with Gasteiger partial charge in [-0.1, -0.05) is 76.6 Å². The van der Waals surface area contributed by atoms with Gasteiger partial charge < -0.3 is 5.11 Å². The Kier molecular flexibility index (Phi) is 6.95. The number of carbonyl (C=O) groups is 2. The van der Waals surface area contributed by atoms with E-state index in [9.17, 15) is 14.7 Å². The van der Waals surface area contributed by atoms with Gasteiger partial charge in [-0.25, -0.2) is 0 Å². The van der Waals surface area contributed by atoms with Crippen molar-refractivity contribution in [3.8, 4) is 0 Å². The fourth-order valence-corrected chi connectivity index (χ4v) is 6.37. The Balaban J connectivity index is 1.48. The van der Waals surface area contributed by atoms with E-state index in [4.69, 9.17) is 23.2 Å². The molecule has 4 aromatic rings. The third-order valence-electron chi connectivity index (χ3n) is 5.26. The quantitative estimate of drug-likeness (QED) is 0.149. The number of nitrogens with zero attached hydrogens (tertiary/aromatic N) is 3. The number of hydrogen-bond donors (Lipinski definition) is 1. The monoisotopic (exact) mass is 559 g/mol. The second-order valence-electron chi connectivity index (χ2n) is 7.46. The molecule has 6 nitrogen and oxygen atoms in total. The Labute approximate surface area is 222 Å². The van der Waals surface area contributed by atoms with E-state index in [1.165, 1.54) is 39.3 Å². The van der Waals surface area contributed by atoms with Crippen LogP contribution in [0.3, 0.4) is 0 Å². The zero-order valence-corrected chi connectivity index (χ0v) is 21.7. The van der Waals surface area contributed by atoms with Crippen LogP contribution >= 0.6 is 57.6 Å². The van der Waals surface area contributed by atoms with Crippen LogP contribution < -0.4 is 4.90 Å². The molecule has 0 radical (unpaired) electrons. The van der Waals surface area contributed by atoms with Crippen LogP contribution in [0.2, 0.25) is 10.0 Å². The molecule has 35 heavy (non-hydrogen) atoms. The van der Waals surface area contributed by atoms with Crippen molar-refractivity contribution >= 4 is 74.5 Å². The molecule has 0 spiro atoms. The fraction of sp³-hybridized carbons (Fsp3) is 0.0833. The number of hydrogen-bond acceptors (Lipinski definition) is 8. The average molecular weight is 561 g/mol. The zero-order chi connectivity index (χ0) is 24.5. The topological polar surface area (TPSA) is 83.4 Å². The molecule has 0 fully saturated rings. The summed E-state index contributed by atoms with van der Waals surface area (Å²) in [6, 6.07) is 16.9. The summed E-state index contributed by atoms with van der Waals surface area (Å²) in [6.07, 6.45) is 0. The van der Waals surface area contributed by atoms with Gasteiger partial charge in [0.15, 0.2) is 10.1 Å². The van der Waals surface area contributed by atoms with Crippen molar-refractivity contribution in [3.05, 3.63) is 103 Å². The molecule has 1 amide bonds. The summed E-state index contributed by atoms with van der Waals surface area (Å²) >= 11 is 16.0. The molecule has 0 bridgehead atoms. The number of ketones is 1. The van der Waals surface area contributed by atoms with Gasteiger partial charge in [-0.3, -0.25) is 14.5 Å². The number of benzene rings is 2. The predicted octanol–water partition coefficient (Wildman–Crippen LogP) is 6.98. The molecule has 11 heteroatoms. The van der Waals surface area contributed by atoms with Crippen LogP contribution in [0.4, 0.5) is 5.13 Å². The van der Waals surface area contributed by atoms with Crippen molar-refractivity contribution in [1.29, 1.82) is 0 Å². The van der Waals surface area contributed by atoms with Gasteiger partial charge in [0.25, 0.3) is 5.91 Å². The van der Waals surface area contributed by atoms with Crippen molar-refractivity contribution in [2.45, 2.75) is 16.1 Å². The Morgan fingerprint density at radius 3 is 2.37 bits per heavy atom. The first-order chi connectivity index (χ1) is 16.9. The van der Waals surface area contributed by atoms with E-state index >= 15 is 0 Å². The van der Waals surface area contributed by atoms with Gasteiger partial charge in [0, 0.05) is 15.8 Å². The van der Waals surface area contributed by atoms with Crippen molar-refractivity contribution in [2.24, 2.45) is 0 Å². The first-order valence-corrected chi connectivity index (χ1v) is 13.7. The summed E-state index contributed by atoms with van der Waals surface area (Å²) < 4.78 is 0.648. The SMILES string of the molecule is O=C(C1=C(O)C(=O)N(c2nnc(SCc3ccc(Cl)cc3)s2)C1c1ccc(Cl)cc1)c1cccs1. The molecule has 0 saturated carbocycles. The lowest BCUT2D eigenvalue weighted by molar-refractivity contribution is -0.117. The number of aromatic nitrogens is 2. The highest BCUT2D eigenvalue weighted by Crippen LogP contribution is 2.44. The minimum Gasteiger partial charge on any atom is -0.503 e. The van der Waals surface area contributed by atoms with E-state index in [0.717, 1.165) is 5.56 Å². The number of aliphatic hydroxyl groups excluding tert-OH is 1. The standard InChI is InChI=1S/C24H15Cl2N3O3S3/c25-15-7-3-13(4-8-15)12-34-24-28-27-23(35-24)29-19(14-5-9-16(26)10-6-14)18(21(31)22(29)32)20(30)17-2-1-11-33-17/h1-11,19,31H,12H2. The molecule has 176 valence electrons. The second kappa shape index (κ2) is 10.1. The number of thiophene rings is 1. The smallest absolute Gasteiger partial charge is 0.296 e. The van der Waals surface area contributed by atoms with Crippen LogP contribution in [0.1, 0.15) is 26.8 Å². The first-order valence-electron chi connectivity index (χ1n) is 10.2. The van der Waals surface area contributed by atoms with Crippen LogP contribution in [-0.2, 0) is 10.5 Å². The Morgan fingerprint density at radius 1 is 1.03 bits per heavy atom. The Morgan fingerprint density at radius 2 is 1.71 bits per heavy atom. The Hall–Kier alpha value is -2.69. The summed E-state index contributed by atoms with van der Waals surface area (Å²) in [5, 5.41) is 22.5. The minimum atomic E-state index is -0.864. The molecule has 1 aliphatic rings. The number of anilines is 1. The molecular weight excluding hydrogens is 545 g/mol. The van der Waals surface area contributed by atoms with Gasteiger partial charge >= 0.3 is 0 Å². The lowest BCUT2D eigenvalue weighted by Gasteiger charge is -2.24. The molecule has 3 heterocycles. The molecule has 0 aliphatic carbocycles. The van der Waals surface area contributed by atoms with Crippen LogP contribution in [0.25, 0.3) is 0 Å². The molecule has 2 aromatic carbocycles. The number of aliphatic hydroxyl groups is 1. The van der Waals surface area contributed by atoms with E-state index < -0.39 is 23.5 Å². The molecule has 1 atom stereocenters. The van der Waals surface area contributed by atoms with Crippen LogP contribution in [0.15, 0.2) is 81.7 Å². The van der Waals surface area contributed by atoms with Gasteiger partial charge in [0.1, 0.15) is 0 Å². The summed E-state index contributed by atoms with van der Waals surface area (Å²) in [5.74, 6) is -1.05. The van der Waals surface area contributed by atoms with Gasteiger partial charge in [-0.05, 0) is 46.8 Å². The molecule has 1 aliphatic heterocycles. The Bertz CT molecular complexity index is 1420. The van der Waals surface area contributed by atoms with E-state index in [1.807, 2.05) is 24.3 Å². The molecule has 2 aromatic heterocycles. The predicted molar refractivity (Wildman–Crippen MR) is 141 cm³/mol. The van der Waals surface area contributed by atoms with Gasteiger partial charge in [-0.15, -0.1) is 21.5 Å². The molecular formula is C24H15Cl2N3O3S3. The summed E-state index contributed by atoms with van der Waals surface area (Å²) in [6.45, 7) is 0. The number of halogens is 2. The number of carbonyl (C=O) groups excluding carboxylic acids is 2. The first kappa shape index (κ1) is 24.0. The molecule has 5 rings (SSSR count). The number of rotatable bonds is 7. The van der Waals surface area contributed by atoms with Crippen molar-refractivity contribution in [1.82, 2.24) is 10.2 Å². The third-order valence-corrected chi connectivity index (χ3v) is 8.76. The fourth-order valence-electron chi connectivity index (χ4n) is 3.62. The lowest BCUT2D eigenvalue weighted by Crippen LogP contribution is -2.31. The summed E-state index contributed by atoms with van der Waals surface area (Å²) in [5.41, 5.74) is 1.69. The van der Waals surface area contributed by atoms with E-state index in [-0.39, 0.29) is 10.7 Å². The molecule has 1 N–H and O–H groups in total. The zero-order valence-electron chi connectivity index (χ0n) is 17.7. The maximum absolute atomic E-state index is 13.3. The lowest BCUT2D eigenvalue weighted by atomic mass is 9.95. The normalized spacial score (nSPS) is 15.8. The molecule has 1 unspecified atom stereocenters. The second-order valence-corrected chi connectivity index (χ2v) is 11.5. The number of thioether (sulfide) groups is 1. The largest absolute Gasteiger partial charge is 0.503 e. The highest BCUT2D eigenvalue weighted by atomic mass is 35.5. The highest BCUT2D eigenvalue weighted by Gasteiger charge is 2.46. The maximum Gasteiger partial charge on any atom is 0.296 e. The average Bonchev–Trinajstić information content (AvgIpc) is 3.60. The minimum absolute atomic E-state index is 0.00494.